The van der Waals surface area contributed by atoms with Gasteiger partial charge in [-0.25, -0.2) is 0 Å². The minimum absolute atomic E-state index is 0.0886. The third kappa shape index (κ3) is 6.77. The molecule has 1 atom stereocenters. The number of aliphatic carboxylic acids is 1. The Bertz CT molecular complexity index is 766. The highest BCUT2D eigenvalue weighted by Gasteiger charge is 2.30. The highest BCUT2D eigenvalue weighted by molar-refractivity contribution is 6.30. The van der Waals surface area contributed by atoms with Crippen LogP contribution in [0.3, 0.4) is 0 Å². The van der Waals surface area contributed by atoms with Crippen molar-refractivity contribution >= 4 is 17.6 Å². The zero-order valence-corrected chi connectivity index (χ0v) is 15.3. The summed E-state index contributed by atoms with van der Waals surface area (Å²) in [6.07, 6.45) is -4.62. The van der Waals surface area contributed by atoms with Crippen molar-refractivity contribution in [3.63, 3.8) is 0 Å². The molecule has 0 unspecified atom stereocenters. The number of hydrogen-bond acceptors (Lipinski definition) is 3. The molecule has 0 saturated carbocycles. The van der Waals surface area contributed by atoms with Crippen LogP contribution in [0.5, 0.6) is 5.75 Å². The first-order valence-electron chi connectivity index (χ1n) is 8.15. The van der Waals surface area contributed by atoms with Crippen LogP contribution in [0.15, 0.2) is 48.5 Å². The van der Waals surface area contributed by atoms with Crippen LogP contribution in [-0.4, -0.2) is 36.1 Å². The number of hydrogen-bond donors (Lipinski definition) is 1. The number of alkyl halides is 3. The van der Waals surface area contributed by atoms with Gasteiger partial charge < -0.3 is 9.84 Å². The van der Waals surface area contributed by atoms with Crippen molar-refractivity contribution in [3.8, 4) is 5.75 Å². The lowest BCUT2D eigenvalue weighted by Crippen LogP contribution is -2.28. The Balaban J connectivity index is 2.19. The average molecular weight is 402 g/mol. The second kappa shape index (κ2) is 9.10. The van der Waals surface area contributed by atoms with Crippen LogP contribution in [0.4, 0.5) is 13.2 Å². The number of nitrogens with zero attached hydrogens (tertiary/aromatic N) is 1. The SMILES string of the molecule is CN(CC[C@H](Oc1cccc(C(F)(F)F)c1)c1ccc(Cl)cc1)CC(=O)O. The van der Waals surface area contributed by atoms with Crippen LogP contribution in [0, 0.1) is 0 Å². The molecule has 2 aromatic carbocycles. The van der Waals surface area contributed by atoms with E-state index in [1.807, 2.05) is 0 Å². The van der Waals surface area contributed by atoms with Gasteiger partial charge in [-0.15, -0.1) is 0 Å². The molecule has 0 radical (unpaired) electrons. The minimum atomic E-state index is -4.46. The fourth-order valence-corrected chi connectivity index (χ4v) is 2.65. The fraction of sp³-hybridized carbons (Fsp3) is 0.316. The van der Waals surface area contributed by atoms with Gasteiger partial charge in [0.25, 0.3) is 0 Å². The van der Waals surface area contributed by atoms with E-state index in [1.165, 1.54) is 12.1 Å². The molecular formula is C19H19ClF3NO3. The molecule has 0 saturated heterocycles. The molecule has 0 spiro atoms. The van der Waals surface area contributed by atoms with Crippen molar-refractivity contribution in [1.82, 2.24) is 4.90 Å². The first-order valence-corrected chi connectivity index (χ1v) is 8.52. The molecule has 4 nitrogen and oxygen atoms in total. The maximum absolute atomic E-state index is 12.9. The molecule has 146 valence electrons. The summed E-state index contributed by atoms with van der Waals surface area (Å²) < 4.78 is 44.6. The number of rotatable bonds is 8. The van der Waals surface area contributed by atoms with E-state index in [-0.39, 0.29) is 12.3 Å². The minimum Gasteiger partial charge on any atom is -0.486 e. The zero-order chi connectivity index (χ0) is 20.0. The first-order chi connectivity index (χ1) is 12.6. The maximum atomic E-state index is 12.9. The lowest BCUT2D eigenvalue weighted by atomic mass is 10.1. The van der Waals surface area contributed by atoms with Crippen molar-refractivity contribution in [1.29, 1.82) is 0 Å². The summed E-state index contributed by atoms with van der Waals surface area (Å²) >= 11 is 5.89. The molecule has 8 heteroatoms. The van der Waals surface area contributed by atoms with Gasteiger partial charge in [0.2, 0.25) is 0 Å². The second-order valence-corrected chi connectivity index (χ2v) is 6.54. The Hall–Kier alpha value is -2.25. The van der Waals surface area contributed by atoms with E-state index in [1.54, 1.807) is 36.2 Å². The molecule has 2 rings (SSSR count). The van der Waals surface area contributed by atoms with Crippen molar-refractivity contribution < 1.29 is 27.8 Å². The molecule has 0 fully saturated rings. The number of ether oxygens (including phenoxy) is 1. The van der Waals surface area contributed by atoms with Crippen LogP contribution in [-0.2, 0) is 11.0 Å². The fourth-order valence-electron chi connectivity index (χ4n) is 2.53. The van der Waals surface area contributed by atoms with Crippen LogP contribution in [0.1, 0.15) is 23.7 Å². The number of likely N-dealkylation sites (N-methyl/N-ethyl adjacent to an activating group) is 1. The molecule has 0 aliphatic heterocycles. The smallest absolute Gasteiger partial charge is 0.416 e. The first kappa shape index (κ1) is 21.1. The second-order valence-electron chi connectivity index (χ2n) is 6.10. The largest absolute Gasteiger partial charge is 0.486 e. The average Bonchev–Trinajstić information content (AvgIpc) is 2.58. The maximum Gasteiger partial charge on any atom is 0.416 e. The Kier molecular flexibility index (Phi) is 7.10. The van der Waals surface area contributed by atoms with Crippen molar-refractivity contribution in [2.75, 3.05) is 20.1 Å². The van der Waals surface area contributed by atoms with Crippen molar-refractivity contribution in [2.24, 2.45) is 0 Å². The number of halogens is 4. The van der Waals surface area contributed by atoms with Gasteiger partial charge in [0.15, 0.2) is 0 Å². The molecular weight excluding hydrogens is 383 g/mol. The Labute approximate surface area is 160 Å². The standard InChI is InChI=1S/C19H19ClF3NO3/c1-24(12-18(25)26)10-9-17(13-5-7-15(20)8-6-13)27-16-4-2-3-14(11-16)19(21,22)23/h2-8,11,17H,9-10,12H2,1H3,(H,25,26)/t17-/m0/s1. The molecule has 0 amide bonds. The predicted molar refractivity (Wildman–Crippen MR) is 96.0 cm³/mol. The highest BCUT2D eigenvalue weighted by Crippen LogP contribution is 2.33. The van der Waals surface area contributed by atoms with Crippen molar-refractivity contribution in [2.45, 2.75) is 18.7 Å². The van der Waals surface area contributed by atoms with E-state index in [9.17, 15) is 18.0 Å². The van der Waals surface area contributed by atoms with Gasteiger partial charge in [-0.2, -0.15) is 13.2 Å². The third-order valence-corrected chi connectivity index (χ3v) is 4.11. The van der Waals surface area contributed by atoms with E-state index in [2.05, 4.69) is 0 Å². The lowest BCUT2D eigenvalue weighted by molar-refractivity contribution is -0.138. The van der Waals surface area contributed by atoms with Gasteiger partial charge in [0, 0.05) is 18.0 Å². The molecule has 0 aliphatic carbocycles. The molecule has 0 bridgehead atoms. The van der Waals surface area contributed by atoms with E-state index in [0.717, 1.165) is 17.7 Å². The molecule has 0 aromatic heterocycles. The molecule has 27 heavy (non-hydrogen) atoms. The highest BCUT2D eigenvalue weighted by atomic mass is 35.5. The summed E-state index contributed by atoms with van der Waals surface area (Å²) in [5.41, 5.74) is -0.0570. The summed E-state index contributed by atoms with van der Waals surface area (Å²) in [6.45, 7) is 0.245. The molecule has 1 N–H and O–H groups in total. The van der Waals surface area contributed by atoms with E-state index in [0.29, 0.717) is 18.0 Å². The van der Waals surface area contributed by atoms with Gasteiger partial charge in [-0.05, 0) is 42.9 Å². The van der Waals surface area contributed by atoms with Crippen molar-refractivity contribution in [3.05, 3.63) is 64.7 Å². The number of benzene rings is 2. The molecule has 0 heterocycles. The normalized spacial score (nSPS) is 12.8. The van der Waals surface area contributed by atoms with E-state index >= 15 is 0 Å². The Morgan fingerprint density at radius 3 is 2.48 bits per heavy atom. The quantitative estimate of drug-likeness (QED) is 0.684. The summed E-state index contributed by atoms with van der Waals surface area (Å²) in [6, 6.07) is 11.5. The van der Waals surface area contributed by atoms with Crippen LogP contribution in [0.2, 0.25) is 5.02 Å². The van der Waals surface area contributed by atoms with Crippen LogP contribution < -0.4 is 4.74 Å². The van der Waals surface area contributed by atoms with Crippen LogP contribution >= 0.6 is 11.6 Å². The van der Waals surface area contributed by atoms with E-state index < -0.39 is 23.8 Å². The molecule has 2 aromatic rings. The summed E-state index contributed by atoms with van der Waals surface area (Å²) in [5, 5.41) is 9.37. The number of carboxylic acid groups (broad SMARTS) is 1. The van der Waals surface area contributed by atoms with Gasteiger partial charge in [0.05, 0.1) is 12.1 Å². The summed E-state index contributed by atoms with van der Waals surface area (Å²) in [7, 11) is 1.65. The Morgan fingerprint density at radius 2 is 1.89 bits per heavy atom. The predicted octanol–water partition coefficient (Wildman–Crippen LogP) is 4.89. The van der Waals surface area contributed by atoms with Gasteiger partial charge in [-0.3, -0.25) is 9.69 Å². The number of carbonyl (C=O) groups is 1. The van der Waals surface area contributed by atoms with Gasteiger partial charge >= 0.3 is 12.1 Å². The third-order valence-electron chi connectivity index (χ3n) is 3.86. The molecule has 0 aliphatic rings. The topological polar surface area (TPSA) is 49.8 Å². The van der Waals surface area contributed by atoms with E-state index in [4.69, 9.17) is 21.4 Å². The lowest BCUT2D eigenvalue weighted by Gasteiger charge is -2.23. The monoisotopic (exact) mass is 401 g/mol. The summed E-state index contributed by atoms with van der Waals surface area (Å²) in [5.74, 6) is -0.870. The Morgan fingerprint density at radius 1 is 1.22 bits per heavy atom. The number of carboxylic acids is 1. The zero-order valence-electron chi connectivity index (χ0n) is 14.5. The van der Waals surface area contributed by atoms with Gasteiger partial charge in [0.1, 0.15) is 11.9 Å². The van der Waals surface area contributed by atoms with Crippen LogP contribution in [0.25, 0.3) is 0 Å². The van der Waals surface area contributed by atoms with Gasteiger partial charge in [-0.1, -0.05) is 29.8 Å². The summed E-state index contributed by atoms with van der Waals surface area (Å²) in [4.78, 5) is 12.4.